The van der Waals surface area contributed by atoms with E-state index >= 15 is 0 Å². The second-order valence-corrected chi connectivity index (χ2v) is 5.34. The number of nitrogens with one attached hydrogen (secondary N) is 1. The second kappa shape index (κ2) is 5.47. The normalized spacial score (nSPS) is 10.2. The monoisotopic (exact) mass is 309 g/mol. The first-order chi connectivity index (χ1) is 8.18. The lowest BCUT2D eigenvalue weighted by atomic mass is 10.2. The van der Waals surface area contributed by atoms with Crippen LogP contribution in [0.4, 0.5) is 0 Å². The van der Waals surface area contributed by atoms with E-state index in [1.54, 1.807) is 17.4 Å². The minimum Gasteiger partial charge on any atom is -0.348 e. The molecule has 88 valence electrons. The predicted octanol–water partition coefficient (Wildman–Crippen LogP) is 3.75. The van der Waals surface area contributed by atoms with Gasteiger partial charge >= 0.3 is 0 Å². The molecule has 2 rings (SSSR count). The van der Waals surface area contributed by atoms with E-state index in [0.717, 1.165) is 4.47 Å². The van der Waals surface area contributed by atoms with Crippen molar-refractivity contribution in [1.82, 2.24) is 5.32 Å². The minimum atomic E-state index is -0.0527. The van der Waals surface area contributed by atoms with Crippen LogP contribution in [0.25, 0.3) is 0 Å². The molecule has 0 unspecified atom stereocenters. The summed E-state index contributed by atoms with van der Waals surface area (Å²) in [5, 5.41) is 7.07. The maximum Gasteiger partial charge on any atom is 0.252 e. The van der Waals surface area contributed by atoms with Crippen LogP contribution in [-0.2, 0) is 6.54 Å². The zero-order valence-electron chi connectivity index (χ0n) is 9.37. The molecule has 2 aromatic rings. The minimum absolute atomic E-state index is 0.0527. The molecule has 1 aromatic heterocycles. The second-order valence-electron chi connectivity index (χ2n) is 3.74. The van der Waals surface area contributed by atoms with Gasteiger partial charge in [-0.15, -0.1) is 0 Å². The molecule has 0 radical (unpaired) electrons. The van der Waals surface area contributed by atoms with Crippen molar-refractivity contribution in [2.75, 3.05) is 0 Å². The van der Waals surface area contributed by atoms with Crippen LogP contribution in [0.3, 0.4) is 0 Å². The van der Waals surface area contributed by atoms with E-state index in [4.69, 9.17) is 0 Å². The highest BCUT2D eigenvalue weighted by Gasteiger charge is 2.09. The number of rotatable bonds is 3. The molecular formula is C13H12BrNOS. The number of amides is 1. The quantitative estimate of drug-likeness (QED) is 0.919. The first kappa shape index (κ1) is 12.3. The zero-order valence-corrected chi connectivity index (χ0v) is 11.8. The van der Waals surface area contributed by atoms with Gasteiger partial charge in [0.15, 0.2) is 0 Å². The number of benzene rings is 1. The number of carbonyl (C=O) groups excluding carboxylic acids is 1. The fourth-order valence-corrected chi connectivity index (χ4v) is 2.81. The summed E-state index contributed by atoms with van der Waals surface area (Å²) in [5.41, 5.74) is 3.07. The predicted molar refractivity (Wildman–Crippen MR) is 74.4 cm³/mol. The van der Waals surface area contributed by atoms with Crippen molar-refractivity contribution in [1.29, 1.82) is 0 Å². The van der Waals surface area contributed by atoms with Gasteiger partial charge in [0, 0.05) is 11.0 Å². The van der Waals surface area contributed by atoms with Gasteiger partial charge in [-0.3, -0.25) is 4.79 Å². The molecule has 2 nitrogen and oxygen atoms in total. The summed E-state index contributed by atoms with van der Waals surface area (Å²) >= 11 is 5.03. The van der Waals surface area contributed by atoms with Crippen LogP contribution in [0.5, 0.6) is 0 Å². The Hall–Kier alpha value is -1.13. The van der Waals surface area contributed by atoms with Gasteiger partial charge in [-0.1, -0.05) is 12.1 Å². The largest absolute Gasteiger partial charge is 0.348 e. The van der Waals surface area contributed by atoms with E-state index in [2.05, 4.69) is 38.9 Å². The van der Waals surface area contributed by atoms with Gasteiger partial charge in [-0.2, -0.15) is 11.3 Å². The van der Waals surface area contributed by atoms with Crippen molar-refractivity contribution in [3.63, 3.8) is 0 Å². The number of hydrogen-bond donors (Lipinski definition) is 1. The molecule has 0 atom stereocenters. The molecule has 0 aliphatic heterocycles. The molecular weight excluding hydrogens is 298 g/mol. The molecule has 17 heavy (non-hydrogen) atoms. The third kappa shape index (κ3) is 2.96. The van der Waals surface area contributed by atoms with Crippen LogP contribution < -0.4 is 5.32 Å². The summed E-state index contributed by atoms with van der Waals surface area (Å²) in [7, 11) is 0. The van der Waals surface area contributed by atoms with Gasteiger partial charge < -0.3 is 5.32 Å². The van der Waals surface area contributed by atoms with E-state index in [0.29, 0.717) is 12.1 Å². The van der Waals surface area contributed by atoms with E-state index in [-0.39, 0.29) is 5.91 Å². The summed E-state index contributed by atoms with van der Waals surface area (Å²) in [6, 6.07) is 7.42. The first-order valence-corrected chi connectivity index (χ1v) is 6.96. The number of thiophene rings is 1. The van der Waals surface area contributed by atoms with Crippen molar-refractivity contribution < 1.29 is 4.79 Å². The average molecular weight is 310 g/mol. The summed E-state index contributed by atoms with van der Waals surface area (Å²) < 4.78 is 0.819. The van der Waals surface area contributed by atoms with Crippen LogP contribution in [0.15, 0.2) is 39.5 Å². The van der Waals surface area contributed by atoms with Crippen LogP contribution in [0.1, 0.15) is 21.5 Å². The fourth-order valence-electron chi connectivity index (χ4n) is 1.48. The van der Waals surface area contributed by atoms with E-state index in [1.165, 1.54) is 11.1 Å². The molecule has 0 fully saturated rings. The Labute approximate surface area is 113 Å². The smallest absolute Gasteiger partial charge is 0.252 e. The van der Waals surface area contributed by atoms with Gasteiger partial charge in [0.1, 0.15) is 0 Å². The van der Waals surface area contributed by atoms with Crippen molar-refractivity contribution in [2.24, 2.45) is 0 Å². The highest BCUT2D eigenvalue weighted by atomic mass is 79.9. The number of aryl methyl sites for hydroxylation is 1. The van der Waals surface area contributed by atoms with Crippen molar-refractivity contribution >= 4 is 33.2 Å². The third-order valence-electron chi connectivity index (χ3n) is 2.52. The summed E-state index contributed by atoms with van der Waals surface area (Å²) in [5.74, 6) is -0.0527. The highest BCUT2D eigenvalue weighted by molar-refractivity contribution is 9.10. The van der Waals surface area contributed by atoms with Crippen LogP contribution >= 0.6 is 27.3 Å². The van der Waals surface area contributed by atoms with E-state index in [1.807, 2.05) is 18.2 Å². The van der Waals surface area contributed by atoms with Crippen molar-refractivity contribution in [3.8, 4) is 0 Å². The Kier molecular flexibility index (Phi) is 3.97. The molecule has 0 spiro atoms. The van der Waals surface area contributed by atoms with Gasteiger partial charge in [0.25, 0.3) is 5.91 Å². The Morgan fingerprint density at radius 3 is 2.76 bits per heavy atom. The summed E-state index contributed by atoms with van der Waals surface area (Å²) in [6.07, 6.45) is 0. The number of halogens is 1. The molecule has 1 amide bonds. The SMILES string of the molecule is Cc1cscc1CNC(=O)c1ccccc1Br. The lowest BCUT2D eigenvalue weighted by Crippen LogP contribution is -2.23. The van der Waals surface area contributed by atoms with Crippen LogP contribution in [0.2, 0.25) is 0 Å². The lowest BCUT2D eigenvalue weighted by Gasteiger charge is -2.06. The molecule has 1 aromatic carbocycles. The number of carbonyl (C=O) groups is 1. The maximum atomic E-state index is 11.9. The Balaban J connectivity index is 2.04. The average Bonchev–Trinajstić information content (AvgIpc) is 2.72. The molecule has 0 saturated heterocycles. The standard InChI is InChI=1S/C13H12BrNOS/c1-9-7-17-8-10(9)6-15-13(16)11-4-2-3-5-12(11)14/h2-5,7-8H,6H2,1H3,(H,15,16). The van der Waals surface area contributed by atoms with Crippen LogP contribution in [-0.4, -0.2) is 5.91 Å². The van der Waals surface area contributed by atoms with Crippen molar-refractivity contribution in [3.05, 3.63) is 56.2 Å². The molecule has 0 aliphatic rings. The fraction of sp³-hybridized carbons (Fsp3) is 0.154. The van der Waals surface area contributed by atoms with E-state index in [9.17, 15) is 4.79 Å². The topological polar surface area (TPSA) is 29.1 Å². The molecule has 0 aliphatic carbocycles. The third-order valence-corrected chi connectivity index (χ3v) is 4.12. The molecule has 1 heterocycles. The maximum absolute atomic E-state index is 11.9. The summed E-state index contributed by atoms with van der Waals surface area (Å²) in [6.45, 7) is 2.63. The van der Waals surface area contributed by atoms with Gasteiger partial charge in [0.05, 0.1) is 5.56 Å². The van der Waals surface area contributed by atoms with Gasteiger partial charge in [0.2, 0.25) is 0 Å². The van der Waals surface area contributed by atoms with Crippen molar-refractivity contribution in [2.45, 2.75) is 13.5 Å². The lowest BCUT2D eigenvalue weighted by molar-refractivity contribution is 0.0950. The zero-order chi connectivity index (χ0) is 12.3. The Bertz CT molecular complexity index is 536. The highest BCUT2D eigenvalue weighted by Crippen LogP contribution is 2.17. The first-order valence-electron chi connectivity index (χ1n) is 5.23. The number of hydrogen-bond acceptors (Lipinski definition) is 2. The van der Waals surface area contributed by atoms with Gasteiger partial charge in [-0.05, 0) is 56.9 Å². The van der Waals surface area contributed by atoms with Gasteiger partial charge in [-0.25, -0.2) is 0 Å². The summed E-state index contributed by atoms with van der Waals surface area (Å²) in [4.78, 5) is 11.9. The molecule has 4 heteroatoms. The van der Waals surface area contributed by atoms with Crippen LogP contribution in [0, 0.1) is 6.92 Å². The Morgan fingerprint density at radius 1 is 1.35 bits per heavy atom. The molecule has 0 saturated carbocycles. The Morgan fingerprint density at radius 2 is 2.12 bits per heavy atom. The molecule has 1 N–H and O–H groups in total. The van der Waals surface area contributed by atoms with E-state index < -0.39 is 0 Å². The molecule has 0 bridgehead atoms.